The van der Waals surface area contributed by atoms with Crippen LogP contribution in [0, 0.1) is 29.9 Å². The van der Waals surface area contributed by atoms with Crippen molar-refractivity contribution in [3.63, 3.8) is 0 Å². The van der Waals surface area contributed by atoms with E-state index in [1.165, 1.54) is 12.1 Å². The standard InChI is InChI=1S/C25H24F2N6O3.C2H6/c1-15-13-29-25(30-17-11-18(26)24(19(27)12-17)32-6-8-35-9-7-32)31-23(15)21-10-16-14-33(22(34)2-4-28)5-3-20(16)36-21;1-2/h10-13H,2-3,5-9,14H2,1H3,(H,29,30,31);1-2H3. The third-order valence-electron chi connectivity index (χ3n) is 6.26. The van der Waals surface area contributed by atoms with Gasteiger partial charge in [-0.05, 0) is 30.7 Å². The number of nitriles is 1. The molecule has 0 spiro atoms. The summed E-state index contributed by atoms with van der Waals surface area (Å²) in [4.78, 5) is 24.1. The minimum Gasteiger partial charge on any atom is -0.459 e. The lowest BCUT2D eigenvalue weighted by Crippen LogP contribution is -2.37. The molecule has 4 heterocycles. The van der Waals surface area contributed by atoms with Gasteiger partial charge in [0.15, 0.2) is 17.4 Å². The zero-order valence-corrected chi connectivity index (χ0v) is 21.7. The van der Waals surface area contributed by atoms with Crippen molar-refractivity contribution in [1.82, 2.24) is 14.9 Å². The van der Waals surface area contributed by atoms with Crippen LogP contribution < -0.4 is 10.2 Å². The zero-order valence-electron chi connectivity index (χ0n) is 21.7. The van der Waals surface area contributed by atoms with Crippen LogP contribution in [0.3, 0.4) is 0 Å². The molecule has 2 aromatic heterocycles. The quantitative estimate of drug-likeness (QED) is 0.511. The Balaban J connectivity index is 0.00000164. The number of benzene rings is 1. The van der Waals surface area contributed by atoms with Crippen molar-refractivity contribution in [1.29, 1.82) is 5.26 Å². The van der Waals surface area contributed by atoms with E-state index in [4.69, 9.17) is 14.4 Å². The highest BCUT2D eigenvalue weighted by Gasteiger charge is 2.25. The Morgan fingerprint density at radius 3 is 2.55 bits per heavy atom. The van der Waals surface area contributed by atoms with E-state index in [0.717, 1.165) is 16.9 Å². The van der Waals surface area contributed by atoms with Crippen molar-refractivity contribution in [2.45, 2.75) is 40.2 Å². The lowest BCUT2D eigenvalue weighted by Gasteiger charge is -2.29. The van der Waals surface area contributed by atoms with Gasteiger partial charge in [0.05, 0.1) is 19.3 Å². The Hall–Kier alpha value is -4.04. The van der Waals surface area contributed by atoms with Gasteiger partial charge in [0.25, 0.3) is 0 Å². The number of hydrogen-bond acceptors (Lipinski definition) is 8. The summed E-state index contributed by atoms with van der Waals surface area (Å²) in [5.41, 5.74) is 2.25. The Bertz CT molecular complexity index is 1320. The number of aromatic nitrogens is 2. The lowest BCUT2D eigenvalue weighted by molar-refractivity contribution is -0.131. The minimum atomic E-state index is -0.680. The third kappa shape index (κ3) is 5.75. The second kappa shape index (κ2) is 12.0. The average molecular weight is 525 g/mol. The maximum Gasteiger partial charge on any atom is 0.237 e. The predicted molar refractivity (Wildman–Crippen MR) is 138 cm³/mol. The number of rotatable bonds is 5. The van der Waals surface area contributed by atoms with Crippen LogP contribution in [0.2, 0.25) is 0 Å². The molecule has 0 aliphatic carbocycles. The molecule has 0 saturated carbocycles. The highest BCUT2D eigenvalue weighted by Crippen LogP contribution is 2.32. The van der Waals surface area contributed by atoms with Crippen molar-refractivity contribution >= 4 is 23.2 Å². The molecule has 3 aromatic rings. The van der Waals surface area contributed by atoms with Gasteiger partial charge in [-0.1, -0.05) is 13.8 Å². The van der Waals surface area contributed by atoms with Gasteiger partial charge in [-0.2, -0.15) is 5.26 Å². The van der Waals surface area contributed by atoms with Crippen molar-refractivity contribution in [3.8, 4) is 17.5 Å². The number of furan rings is 1. The monoisotopic (exact) mass is 524 g/mol. The van der Waals surface area contributed by atoms with Crippen LogP contribution in [0.15, 0.2) is 28.8 Å². The molecule has 2 aliphatic rings. The SMILES string of the molecule is CC.Cc1cnc(Nc2cc(F)c(N3CCOCC3)c(F)c2)nc1-c1cc2c(o1)CCN(C(=O)CC#N)C2. The van der Waals surface area contributed by atoms with E-state index in [-0.39, 0.29) is 29.7 Å². The van der Waals surface area contributed by atoms with Crippen LogP contribution in [0.25, 0.3) is 11.5 Å². The molecule has 1 fully saturated rings. The molecular formula is C27H30F2N6O3. The number of fused-ring (bicyclic) bond motifs is 1. The molecule has 9 nitrogen and oxygen atoms in total. The zero-order chi connectivity index (χ0) is 27.2. The molecule has 2 aliphatic heterocycles. The first-order valence-electron chi connectivity index (χ1n) is 12.6. The summed E-state index contributed by atoms with van der Waals surface area (Å²) in [6.45, 7) is 8.35. The number of nitrogens with one attached hydrogen (secondary N) is 1. The number of carbonyl (C=O) groups is 1. The number of morpholine rings is 1. The fourth-order valence-electron chi connectivity index (χ4n) is 4.45. The molecule has 1 saturated heterocycles. The van der Waals surface area contributed by atoms with Gasteiger partial charge in [-0.15, -0.1) is 0 Å². The van der Waals surface area contributed by atoms with E-state index < -0.39 is 11.6 Å². The van der Waals surface area contributed by atoms with Crippen LogP contribution in [0.5, 0.6) is 0 Å². The predicted octanol–water partition coefficient (Wildman–Crippen LogP) is 4.73. The van der Waals surface area contributed by atoms with Crippen LogP contribution in [-0.4, -0.2) is 53.6 Å². The molecule has 200 valence electrons. The summed E-state index contributed by atoms with van der Waals surface area (Å²) >= 11 is 0. The molecule has 0 unspecified atom stereocenters. The summed E-state index contributed by atoms with van der Waals surface area (Å²) in [6, 6.07) is 6.15. The Kier molecular flexibility index (Phi) is 8.53. The molecular weight excluding hydrogens is 494 g/mol. The fourth-order valence-corrected chi connectivity index (χ4v) is 4.45. The number of anilines is 3. The average Bonchev–Trinajstić information content (AvgIpc) is 3.34. The van der Waals surface area contributed by atoms with Crippen molar-refractivity contribution in [2.75, 3.05) is 43.1 Å². The normalized spacial score (nSPS) is 14.7. The Morgan fingerprint density at radius 1 is 1.16 bits per heavy atom. The number of hydrogen-bond donors (Lipinski definition) is 1. The van der Waals surface area contributed by atoms with Gasteiger partial charge in [-0.25, -0.2) is 18.7 Å². The topological polar surface area (TPSA) is 108 Å². The largest absolute Gasteiger partial charge is 0.459 e. The maximum atomic E-state index is 14.8. The molecule has 0 radical (unpaired) electrons. The van der Waals surface area contributed by atoms with Crippen molar-refractivity contribution in [2.24, 2.45) is 0 Å². The van der Waals surface area contributed by atoms with Gasteiger partial charge in [0.2, 0.25) is 11.9 Å². The van der Waals surface area contributed by atoms with Crippen LogP contribution in [0.1, 0.15) is 37.2 Å². The number of aryl methyl sites for hydroxylation is 1. The highest BCUT2D eigenvalue weighted by molar-refractivity contribution is 5.78. The number of ether oxygens (including phenoxy) is 1. The summed E-state index contributed by atoms with van der Waals surface area (Å²) in [5, 5.41) is 11.7. The second-order valence-electron chi connectivity index (χ2n) is 8.70. The molecule has 0 bridgehead atoms. The van der Waals surface area contributed by atoms with E-state index in [2.05, 4.69) is 15.3 Å². The molecule has 5 rings (SSSR count). The van der Waals surface area contributed by atoms with Crippen molar-refractivity contribution in [3.05, 3.63) is 52.9 Å². The molecule has 11 heteroatoms. The first kappa shape index (κ1) is 27.0. The van der Waals surface area contributed by atoms with Gasteiger partial charge in [0.1, 0.15) is 23.6 Å². The number of amides is 1. The number of nitrogens with zero attached hydrogens (tertiary/aromatic N) is 5. The number of carbonyl (C=O) groups excluding carboxylic acids is 1. The summed E-state index contributed by atoms with van der Waals surface area (Å²) in [6.07, 6.45) is 1.98. The highest BCUT2D eigenvalue weighted by atomic mass is 19.1. The second-order valence-corrected chi connectivity index (χ2v) is 8.70. The van der Waals surface area contributed by atoms with E-state index in [0.29, 0.717) is 57.3 Å². The minimum absolute atomic E-state index is 0.0715. The van der Waals surface area contributed by atoms with Crippen LogP contribution >= 0.6 is 0 Å². The van der Waals surface area contributed by atoms with E-state index in [1.807, 2.05) is 32.9 Å². The van der Waals surface area contributed by atoms with Gasteiger partial charge in [-0.3, -0.25) is 4.79 Å². The smallest absolute Gasteiger partial charge is 0.237 e. The molecule has 1 N–H and O–H groups in total. The van der Waals surface area contributed by atoms with Gasteiger partial charge in [0, 0.05) is 50.0 Å². The van der Waals surface area contributed by atoms with E-state index in [9.17, 15) is 13.6 Å². The Morgan fingerprint density at radius 2 is 1.87 bits per heavy atom. The maximum absolute atomic E-state index is 14.8. The third-order valence-corrected chi connectivity index (χ3v) is 6.26. The summed E-state index contributed by atoms with van der Waals surface area (Å²) < 4.78 is 40.9. The summed E-state index contributed by atoms with van der Waals surface area (Å²) in [5.74, 6) is -0.135. The number of halogens is 2. The van der Waals surface area contributed by atoms with Gasteiger partial charge >= 0.3 is 0 Å². The lowest BCUT2D eigenvalue weighted by atomic mass is 10.1. The summed E-state index contributed by atoms with van der Waals surface area (Å²) in [7, 11) is 0. The van der Waals surface area contributed by atoms with Crippen LogP contribution in [0.4, 0.5) is 26.1 Å². The van der Waals surface area contributed by atoms with E-state index in [1.54, 1.807) is 16.0 Å². The first-order chi connectivity index (χ1) is 18.4. The molecule has 38 heavy (non-hydrogen) atoms. The Labute approximate surface area is 220 Å². The van der Waals surface area contributed by atoms with Crippen molar-refractivity contribution < 1.29 is 22.7 Å². The van der Waals surface area contributed by atoms with Crippen LogP contribution in [-0.2, 0) is 22.5 Å². The molecule has 0 atom stereocenters. The van der Waals surface area contributed by atoms with E-state index >= 15 is 0 Å². The fraction of sp³-hybridized carbons (Fsp3) is 0.407. The molecule has 1 aromatic carbocycles. The first-order valence-corrected chi connectivity index (χ1v) is 12.6. The molecule has 1 amide bonds. The van der Waals surface area contributed by atoms with Gasteiger partial charge < -0.3 is 24.3 Å².